The third-order valence-electron chi connectivity index (χ3n) is 3.05. The van der Waals surface area contributed by atoms with E-state index in [1.165, 1.54) is 24.2 Å². The van der Waals surface area contributed by atoms with Gasteiger partial charge >= 0.3 is 0 Å². The van der Waals surface area contributed by atoms with E-state index in [0.29, 0.717) is 23.0 Å². The highest BCUT2D eigenvalue weighted by atomic mass is 32.1. The van der Waals surface area contributed by atoms with Gasteiger partial charge in [0.25, 0.3) is 0 Å². The second-order valence-electron chi connectivity index (χ2n) is 4.72. The third-order valence-corrected chi connectivity index (χ3v) is 3.81. The average molecular weight is 267 g/mol. The summed E-state index contributed by atoms with van der Waals surface area (Å²) in [7, 11) is 0. The summed E-state index contributed by atoms with van der Waals surface area (Å²) in [5, 5.41) is 2.53. The molecule has 1 fully saturated rings. The number of hydrogen-bond acceptors (Lipinski definition) is 3. The number of benzene rings is 1. The zero-order valence-corrected chi connectivity index (χ0v) is 11.2. The molecular formula is C16H13NOS. The molecule has 19 heavy (non-hydrogen) atoms. The predicted molar refractivity (Wildman–Crippen MR) is 76.2 cm³/mol. The van der Waals surface area contributed by atoms with Crippen LogP contribution in [-0.4, -0.2) is 10.8 Å². The first-order chi connectivity index (χ1) is 9.31. The van der Waals surface area contributed by atoms with Crippen LogP contribution in [0.5, 0.6) is 0 Å². The molecule has 0 saturated heterocycles. The number of thiazole rings is 1. The minimum absolute atomic E-state index is 0.159. The smallest absolute Gasteiger partial charge is 0.182 e. The standard InChI is InChI=1S/C16H13NOS/c18-15(10-13-6-7-13)14-11-19-16(17-14)9-8-12-4-2-1-3-5-12/h1-5,11,13H,6-7,10H2. The van der Waals surface area contributed by atoms with E-state index in [2.05, 4.69) is 16.8 Å². The second-order valence-corrected chi connectivity index (χ2v) is 5.58. The Labute approximate surface area is 116 Å². The first-order valence-corrected chi connectivity index (χ1v) is 7.25. The molecule has 0 N–H and O–H groups in total. The number of carbonyl (C=O) groups is 1. The van der Waals surface area contributed by atoms with Crippen molar-refractivity contribution in [2.45, 2.75) is 19.3 Å². The topological polar surface area (TPSA) is 30.0 Å². The molecule has 1 heterocycles. The second kappa shape index (κ2) is 5.38. The van der Waals surface area contributed by atoms with Crippen molar-refractivity contribution in [1.82, 2.24) is 4.98 Å². The van der Waals surface area contributed by atoms with Gasteiger partial charge in [-0.05, 0) is 36.8 Å². The highest BCUT2D eigenvalue weighted by Crippen LogP contribution is 2.33. The molecule has 1 aromatic heterocycles. The molecule has 1 saturated carbocycles. The molecule has 94 valence electrons. The Balaban J connectivity index is 1.71. The number of carbonyl (C=O) groups excluding carboxylic acids is 1. The van der Waals surface area contributed by atoms with Crippen molar-refractivity contribution in [3.05, 3.63) is 52.0 Å². The van der Waals surface area contributed by atoms with E-state index in [-0.39, 0.29) is 5.78 Å². The van der Waals surface area contributed by atoms with Crippen LogP contribution in [0.2, 0.25) is 0 Å². The summed E-state index contributed by atoms with van der Waals surface area (Å²) in [4.78, 5) is 16.2. The Bertz CT molecular complexity index is 644. The monoisotopic (exact) mass is 267 g/mol. The van der Waals surface area contributed by atoms with Gasteiger partial charge in [-0.1, -0.05) is 24.1 Å². The van der Waals surface area contributed by atoms with E-state index in [0.717, 1.165) is 5.56 Å². The number of ketones is 1. The first-order valence-electron chi connectivity index (χ1n) is 6.37. The van der Waals surface area contributed by atoms with Gasteiger partial charge in [-0.3, -0.25) is 4.79 Å². The molecule has 0 radical (unpaired) electrons. The fraction of sp³-hybridized carbons (Fsp3) is 0.250. The normalized spacial score (nSPS) is 13.7. The molecule has 0 atom stereocenters. The Morgan fingerprint density at radius 1 is 1.26 bits per heavy atom. The molecule has 1 aliphatic rings. The van der Waals surface area contributed by atoms with Crippen LogP contribution in [0.15, 0.2) is 35.7 Å². The molecule has 2 aromatic rings. The molecule has 3 heteroatoms. The molecular weight excluding hydrogens is 254 g/mol. The quantitative estimate of drug-likeness (QED) is 0.629. The molecule has 0 spiro atoms. The van der Waals surface area contributed by atoms with Gasteiger partial charge in [0.2, 0.25) is 0 Å². The van der Waals surface area contributed by atoms with Gasteiger partial charge in [0.1, 0.15) is 5.69 Å². The summed E-state index contributed by atoms with van der Waals surface area (Å²) in [5.41, 5.74) is 1.54. The van der Waals surface area contributed by atoms with Gasteiger partial charge in [0.05, 0.1) is 0 Å². The van der Waals surface area contributed by atoms with Crippen LogP contribution in [-0.2, 0) is 0 Å². The maximum atomic E-state index is 11.9. The number of Topliss-reactive ketones (excluding diaryl/α,β-unsaturated/α-hetero) is 1. The van der Waals surface area contributed by atoms with Gasteiger partial charge in [0, 0.05) is 17.4 Å². The minimum atomic E-state index is 0.159. The van der Waals surface area contributed by atoms with Crippen LogP contribution >= 0.6 is 11.3 Å². The lowest BCUT2D eigenvalue weighted by Gasteiger charge is -1.92. The van der Waals surface area contributed by atoms with Crippen LogP contribution in [0.1, 0.15) is 40.3 Å². The molecule has 1 aliphatic carbocycles. The molecule has 1 aromatic carbocycles. The van der Waals surface area contributed by atoms with E-state index < -0.39 is 0 Å². The van der Waals surface area contributed by atoms with E-state index in [4.69, 9.17) is 0 Å². The van der Waals surface area contributed by atoms with Crippen LogP contribution in [0.4, 0.5) is 0 Å². The molecule has 3 rings (SSSR count). The van der Waals surface area contributed by atoms with E-state index in [1.54, 1.807) is 0 Å². The Morgan fingerprint density at radius 2 is 2.05 bits per heavy atom. The molecule has 0 unspecified atom stereocenters. The summed E-state index contributed by atoms with van der Waals surface area (Å²) >= 11 is 1.44. The zero-order valence-electron chi connectivity index (χ0n) is 10.4. The highest BCUT2D eigenvalue weighted by molar-refractivity contribution is 7.10. The Kier molecular flexibility index (Phi) is 3.43. The summed E-state index contributed by atoms with van der Waals surface area (Å²) in [6.07, 6.45) is 3.03. The van der Waals surface area contributed by atoms with E-state index >= 15 is 0 Å². The summed E-state index contributed by atoms with van der Waals surface area (Å²) < 4.78 is 0. The summed E-state index contributed by atoms with van der Waals surface area (Å²) in [5.74, 6) is 6.83. The minimum Gasteiger partial charge on any atom is -0.292 e. The summed E-state index contributed by atoms with van der Waals surface area (Å²) in [6, 6.07) is 9.79. The lowest BCUT2D eigenvalue weighted by atomic mass is 10.2. The van der Waals surface area contributed by atoms with Gasteiger partial charge in [-0.15, -0.1) is 11.3 Å². The van der Waals surface area contributed by atoms with Gasteiger partial charge < -0.3 is 0 Å². The van der Waals surface area contributed by atoms with Crippen molar-refractivity contribution in [1.29, 1.82) is 0 Å². The largest absolute Gasteiger partial charge is 0.292 e. The van der Waals surface area contributed by atoms with Gasteiger partial charge in [-0.2, -0.15) is 0 Å². The van der Waals surface area contributed by atoms with Gasteiger partial charge in [-0.25, -0.2) is 4.98 Å². The van der Waals surface area contributed by atoms with Crippen molar-refractivity contribution < 1.29 is 4.79 Å². The summed E-state index contributed by atoms with van der Waals surface area (Å²) in [6.45, 7) is 0. The van der Waals surface area contributed by atoms with Crippen molar-refractivity contribution >= 4 is 17.1 Å². The Hall–Kier alpha value is -1.92. The lowest BCUT2D eigenvalue weighted by molar-refractivity contribution is 0.0972. The third kappa shape index (κ3) is 3.30. The van der Waals surface area contributed by atoms with E-state index in [9.17, 15) is 4.79 Å². The van der Waals surface area contributed by atoms with Crippen molar-refractivity contribution in [3.8, 4) is 11.8 Å². The first kappa shape index (κ1) is 12.1. The zero-order chi connectivity index (χ0) is 13.1. The number of rotatable bonds is 3. The lowest BCUT2D eigenvalue weighted by Crippen LogP contribution is -2.00. The molecule has 0 bridgehead atoms. The number of aromatic nitrogens is 1. The predicted octanol–water partition coefficient (Wildman–Crippen LogP) is 3.53. The average Bonchev–Trinajstić information content (AvgIpc) is 3.12. The highest BCUT2D eigenvalue weighted by Gasteiger charge is 2.25. The van der Waals surface area contributed by atoms with Crippen LogP contribution in [0, 0.1) is 17.8 Å². The SMILES string of the molecule is O=C(CC1CC1)c1csc(C#Cc2ccccc2)n1. The van der Waals surface area contributed by atoms with Crippen LogP contribution < -0.4 is 0 Å². The van der Waals surface area contributed by atoms with Crippen molar-refractivity contribution in [2.24, 2.45) is 5.92 Å². The Morgan fingerprint density at radius 3 is 2.79 bits per heavy atom. The van der Waals surface area contributed by atoms with Crippen LogP contribution in [0.25, 0.3) is 0 Å². The molecule has 0 aliphatic heterocycles. The number of hydrogen-bond donors (Lipinski definition) is 0. The maximum Gasteiger partial charge on any atom is 0.182 e. The van der Waals surface area contributed by atoms with Crippen molar-refractivity contribution in [2.75, 3.05) is 0 Å². The fourth-order valence-electron chi connectivity index (χ4n) is 1.80. The number of nitrogens with zero attached hydrogens (tertiary/aromatic N) is 1. The van der Waals surface area contributed by atoms with Crippen molar-refractivity contribution in [3.63, 3.8) is 0 Å². The molecule has 2 nitrogen and oxygen atoms in total. The molecule has 0 amide bonds. The van der Waals surface area contributed by atoms with E-state index in [1.807, 2.05) is 35.7 Å². The van der Waals surface area contributed by atoms with Gasteiger partial charge in [0.15, 0.2) is 10.8 Å². The maximum absolute atomic E-state index is 11.9. The van der Waals surface area contributed by atoms with Crippen LogP contribution in [0.3, 0.4) is 0 Å². The fourth-order valence-corrected chi connectivity index (χ4v) is 2.46.